The molecule has 0 unspecified atom stereocenters. The van der Waals surface area contributed by atoms with E-state index in [1.807, 2.05) is 6.92 Å². The van der Waals surface area contributed by atoms with Gasteiger partial charge in [-0.1, -0.05) is 13.3 Å². The van der Waals surface area contributed by atoms with Crippen molar-refractivity contribution in [3.8, 4) is 17.0 Å². The van der Waals surface area contributed by atoms with E-state index in [4.69, 9.17) is 9.73 Å². The first kappa shape index (κ1) is 37.1. The van der Waals surface area contributed by atoms with Crippen LogP contribution in [-0.2, 0) is 17.8 Å². The van der Waals surface area contributed by atoms with Crippen LogP contribution in [0.25, 0.3) is 32.7 Å². The average molecular weight is 705 g/mol. The SMILES string of the molecule is CCCCn1c(=O)c2cc(=NCCCN3CCN(C)CC3)c3c(=O)n(CCCOC)c(O)c4cc(NCCCN5CCN(C)CC5)c(c-2c43)c1=O. The number of aromatic hydroxyl groups is 1. The molecule has 2 fully saturated rings. The molecule has 13 heteroatoms. The van der Waals surface area contributed by atoms with Gasteiger partial charge in [0.05, 0.1) is 21.7 Å². The number of ether oxygens (including phenoxy) is 1. The summed E-state index contributed by atoms with van der Waals surface area (Å²) in [4.78, 5) is 57.3. The molecule has 0 amide bonds. The number of aromatic nitrogens is 2. The summed E-state index contributed by atoms with van der Waals surface area (Å²) in [7, 11) is 5.90. The lowest BCUT2D eigenvalue weighted by Crippen LogP contribution is -2.44. The molecule has 0 radical (unpaired) electrons. The van der Waals surface area contributed by atoms with Crippen molar-refractivity contribution in [2.75, 3.05) is 112 Å². The lowest BCUT2D eigenvalue weighted by atomic mass is 9.89. The smallest absolute Gasteiger partial charge is 0.263 e. The van der Waals surface area contributed by atoms with Gasteiger partial charge in [-0.3, -0.25) is 28.5 Å². The number of hydrogen-bond donors (Lipinski definition) is 2. The van der Waals surface area contributed by atoms with Crippen LogP contribution >= 0.6 is 0 Å². The van der Waals surface area contributed by atoms with Crippen LogP contribution in [0.1, 0.15) is 39.0 Å². The maximum Gasteiger partial charge on any atom is 0.263 e. The molecule has 2 saturated heterocycles. The number of hydrogen-bond acceptors (Lipinski definition) is 11. The number of pyridine rings is 2. The van der Waals surface area contributed by atoms with Crippen LogP contribution in [0, 0.1) is 0 Å². The summed E-state index contributed by atoms with van der Waals surface area (Å²) in [6.07, 6.45) is 3.72. The minimum absolute atomic E-state index is 0.179. The first-order valence-electron chi connectivity index (χ1n) is 18.9. The van der Waals surface area contributed by atoms with E-state index in [1.165, 1.54) is 9.13 Å². The van der Waals surface area contributed by atoms with Crippen LogP contribution < -0.4 is 27.4 Å². The van der Waals surface area contributed by atoms with E-state index in [2.05, 4.69) is 39.0 Å². The Morgan fingerprint density at radius 2 is 1.37 bits per heavy atom. The van der Waals surface area contributed by atoms with Gasteiger partial charge in [-0.05, 0) is 65.0 Å². The Morgan fingerprint density at radius 3 is 2.02 bits per heavy atom. The van der Waals surface area contributed by atoms with Crippen molar-refractivity contribution >= 4 is 27.2 Å². The third-order valence-electron chi connectivity index (χ3n) is 10.8. The second-order valence-corrected chi connectivity index (χ2v) is 14.5. The van der Waals surface area contributed by atoms with E-state index in [1.54, 1.807) is 19.2 Å². The fraction of sp³-hybridized carbons (Fsp3) is 0.632. The van der Waals surface area contributed by atoms with Gasteiger partial charge in [0.1, 0.15) is 0 Å². The van der Waals surface area contributed by atoms with Gasteiger partial charge in [-0.25, -0.2) is 0 Å². The fourth-order valence-electron chi connectivity index (χ4n) is 7.67. The van der Waals surface area contributed by atoms with Gasteiger partial charge < -0.3 is 34.8 Å². The fourth-order valence-corrected chi connectivity index (χ4v) is 7.67. The Kier molecular flexibility index (Phi) is 12.2. The molecule has 0 atom stereocenters. The second kappa shape index (κ2) is 16.8. The van der Waals surface area contributed by atoms with Crippen molar-refractivity contribution in [2.45, 2.75) is 52.1 Å². The zero-order valence-corrected chi connectivity index (χ0v) is 31.0. The van der Waals surface area contributed by atoms with E-state index in [0.29, 0.717) is 82.8 Å². The van der Waals surface area contributed by atoms with Crippen LogP contribution in [-0.4, -0.2) is 140 Å². The number of nitrogens with zero attached hydrogens (tertiary/aromatic N) is 7. The number of likely N-dealkylation sites (N-methyl/N-ethyl adjacent to an activating group) is 2. The maximum absolute atomic E-state index is 14.3. The van der Waals surface area contributed by atoms with Gasteiger partial charge in [0.2, 0.25) is 5.88 Å². The number of benzene rings is 2. The molecule has 278 valence electrons. The molecule has 4 aliphatic rings. The molecule has 51 heavy (non-hydrogen) atoms. The van der Waals surface area contributed by atoms with Gasteiger partial charge in [-0.15, -0.1) is 0 Å². The summed E-state index contributed by atoms with van der Waals surface area (Å²) in [6, 6.07) is 3.52. The van der Waals surface area contributed by atoms with E-state index in [0.717, 1.165) is 84.7 Å². The first-order chi connectivity index (χ1) is 24.7. The van der Waals surface area contributed by atoms with Crippen LogP contribution in [0.5, 0.6) is 5.88 Å². The standard InChI is InChI=1S/C38H56N8O5/c1-5-6-14-45-35(47)27-25-30(40-11-8-13-44-22-18-42(3)19-23-44)34-32-28(36(48)46(38(34)50)15-9-24-51-4)26-29(33(31(27)32)37(45)49)39-10-7-12-43-20-16-41(2)17-21-43/h25-26,39,48H,5-24H2,1-4H3. The first-order valence-corrected chi connectivity index (χ1v) is 18.9. The predicted octanol–water partition coefficient (Wildman–Crippen LogP) is 1.79. The summed E-state index contributed by atoms with van der Waals surface area (Å²) >= 11 is 0. The minimum atomic E-state index is -0.382. The maximum atomic E-state index is 14.3. The van der Waals surface area contributed by atoms with E-state index >= 15 is 0 Å². The molecule has 0 saturated carbocycles. The predicted molar refractivity (Wildman–Crippen MR) is 204 cm³/mol. The number of nitrogens with one attached hydrogen (secondary N) is 1. The molecule has 1 aromatic carbocycles. The van der Waals surface area contributed by atoms with Crippen molar-refractivity contribution in [3.05, 3.63) is 48.6 Å². The average Bonchev–Trinajstić information content (AvgIpc) is 3.13. The molecule has 4 heterocycles. The molecule has 2 N–H and O–H groups in total. The van der Waals surface area contributed by atoms with Crippen molar-refractivity contribution in [3.63, 3.8) is 0 Å². The second-order valence-electron chi connectivity index (χ2n) is 14.5. The molecule has 3 aliphatic heterocycles. The molecular formula is C38H56N8O5. The number of methoxy groups -OCH3 is 1. The monoisotopic (exact) mass is 704 g/mol. The number of anilines is 1. The zero-order chi connectivity index (χ0) is 36.1. The van der Waals surface area contributed by atoms with Crippen molar-refractivity contribution in [2.24, 2.45) is 4.99 Å². The zero-order valence-electron chi connectivity index (χ0n) is 31.0. The van der Waals surface area contributed by atoms with E-state index in [-0.39, 0.29) is 29.1 Å². The highest BCUT2D eigenvalue weighted by Crippen LogP contribution is 2.40. The highest BCUT2D eigenvalue weighted by Gasteiger charge is 2.29. The Morgan fingerprint density at radius 1 is 0.745 bits per heavy atom. The van der Waals surface area contributed by atoms with Crippen molar-refractivity contribution in [1.82, 2.24) is 28.7 Å². The van der Waals surface area contributed by atoms with Crippen LogP contribution in [0.4, 0.5) is 5.69 Å². The Labute approximate surface area is 299 Å². The highest BCUT2D eigenvalue weighted by atomic mass is 16.5. The molecule has 0 spiro atoms. The molecule has 1 aromatic heterocycles. The van der Waals surface area contributed by atoms with Gasteiger partial charge >= 0.3 is 0 Å². The van der Waals surface area contributed by atoms with Crippen molar-refractivity contribution < 1.29 is 9.84 Å². The number of unbranched alkanes of at least 4 members (excludes halogenated alkanes) is 1. The summed E-state index contributed by atoms with van der Waals surface area (Å²) in [5.74, 6) is -0.179. The molecule has 13 nitrogen and oxygen atoms in total. The summed E-state index contributed by atoms with van der Waals surface area (Å²) < 4.78 is 8.00. The third kappa shape index (κ3) is 7.92. The molecular weight excluding hydrogens is 648 g/mol. The lowest BCUT2D eigenvalue weighted by Gasteiger charge is -2.32. The Balaban J connectivity index is 1.47. The van der Waals surface area contributed by atoms with E-state index < -0.39 is 0 Å². The van der Waals surface area contributed by atoms with Crippen LogP contribution in [0.3, 0.4) is 0 Å². The summed E-state index contributed by atoms with van der Waals surface area (Å²) in [6.45, 7) is 14.2. The van der Waals surface area contributed by atoms with Crippen LogP contribution in [0.15, 0.2) is 31.5 Å². The topological polar surface area (TPSA) is 128 Å². The van der Waals surface area contributed by atoms with Gasteiger partial charge in [0.25, 0.3) is 16.7 Å². The molecule has 0 bridgehead atoms. The molecule has 1 aliphatic carbocycles. The Bertz CT molecular complexity index is 1980. The summed E-state index contributed by atoms with van der Waals surface area (Å²) in [5, 5.41) is 17.3. The molecule has 6 rings (SSSR count). The quantitative estimate of drug-likeness (QED) is 0.132. The normalized spacial score (nSPS) is 17.5. The largest absolute Gasteiger partial charge is 0.494 e. The number of rotatable bonds is 16. The van der Waals surface area contributed by atoms with Crippen LogP contribution in [0.2, 0.25) is 0 Å². The lowest BCUT2D eigenvalue weighted by molar-refractivity contribution is 0.153. The minimum Gasteiger partial charge on any atom is -0.494 e. The third-order valence-corrected chi connectivity index (χ3v) is 10.8. The Hall–Kier alpha value is -3.62. The van der Waals surface area contributed by atoms with E-state index in [9.17, 15) is 19.5 Å². The van der Waals surface area contributed by atoms with Crippen molar-refractivity contribution in [1.29, 1.82) is 0 Å². The summed E-state index contributed by atoms with van der Waals surface area (Å²) in [5.41, 5.74) is 0.220. The number of piperazine rings is 2. The highest BCUT2D eigenvalue weighted by molar-refractivity contribution is 6.18. The van der Waals surface area contributed by atoms with Gasteiger partial charge in [0, 0.05) is 114 Å². The van der Waals surface area contributed by atoms with Gasteiger partial charge in [0.15, 0.2) is 0 Å². The molecule has 2 aromatic rings. The van der Waals surface area contributed by atoms with Gasteiger partial charge in [-0.2, -0.15) is 0 Å².